The largest absolute Gasteiger partial charge is 0.258 e. The molecule has 0 aliphatic rings. The molecule has 0 amide bonds. The van der Waals surface area contributed by atoms with Gasteiger partial charge in [-0.25, -0.2) is 16.8 Å². The van der Waals surface area contributed by atoms with E-state index in [1.165, 1.54) is 19.1 Å². The monoisotopic (exact) mass is 465 g/mol. The molecule has 0 unspecified atom stereocenters. The van der Waals surface area contributed by atoms with Crippen LogP contribution in [0.25, 0.3) is 17.2 Å². The van der Waals surface area contributed by atoms with E-state index in [2.05, 4.69) is 6.58 Å². The molecule has 9 nitrogen and oxygen atoms in total. The van der Waals surface area contributed by atoms with Crippen LogP contribution in [0.3, 0.4) is 0 Å². The molecule has 0 bridgehead atoms. The maximum Gasteiger partial charge on any atom is 0.258 e. The van der Waals surface area contributed by atoms with Crippen molar-refractivity contribution >= 4 is 26.1 Å². The van der Waals surface area contributed by atoms with Gasteiger partial charge < -0.3 is 0 Å². The molecule has 0 aromatic heterocycles. The third-order valence-electron chi connectivity index (χ3n) is 4.69. The van der Waals surface area contributed by atoms with Gasteiger partial charge in [0.05, 0.1) is 28.0 Å². The van der Waals surface area contributed by atoms with Crippen LogP contribution in [0.1, 0.15) is 34.7 Å². The van der Waals surface area contributed by atoms with Crippen molar-refractivity contribution in [2.75, 3.05) is 12.8 Å². The first-order chi connectivity index (χ1) is 15.0. The number of hydrogen-bond donors (Lipinski definition) is 0. The molecule has 0 aliphatic heterocycles. The number of nitriles is 4. The minimum absolute atomic E-state index is 0.0396. The summed E-state index contributed by atoms with van der Waals surface area (Å²) in [5.74, 6) is -0.573. The summed E-state index contributed by atoms with van der Waals surface area (Å²) in [6.07, 6.45) is 1.56. The Kier molecular flexibility index (Phi) is 6.84. The molecule has 0 aliphatic carbocycles. The van der Waals surface area contributed by atoms with E-state index in [1.54, 1.807) is 42.5 Å². The minimum atomic E-state index is -4.98. The Balaban J connectivity index is 3.15. The van der Waals surface area contributed by atoms with Crippen molar-refractivity contribution < 1.29 is 16.8 Å². The molecule has 0 atom stereocenters. The summed E-state index contributed by atoms with van der Waals surface area (Å²) in [5.41, 5.74) is -1.45. The van der Waals surface area contributed by atoms with E-state index in [0.29, 0.717) is 0 Å². The van der Waals surface area contributed by atoms with Gasteiger partial charge in [-0.2, -0.15) is 21.0 Å². The fourth-order valence-corrected chi connectivity index (χ4v) is 6.12. The topological polar surface area (TPSA) is 167 Å². The molecular weight excluding hydrogens is 450 g/mol. The van der Waals surface area contributed by atoms with Crippen LogP contribution in [0.4, 0.5) is 0 Å². The van der Waals surface area contributed by atoms with E-state index in [-0.39, 0.29) is 14.8 Å². The molecule has 0 radical (unpaired) electrons. The van der Waals surface area contributed by atoms with Crippen molar-refractivity contribution in [1.29, 1.82) is 21.0 Å². The second-order valence-corrected chi connectivity index (χ2v) is 10.7. The molecule has 2 aromatic carbocycles. The number of rotatable bonds is 6. The van der Waals surface area contributed by atoms with E-state index in [4.69, 9.17) is 0 Å². The number of benzene rings is 2. The van der Waals surface area contributed by atoms with Gasteiger partial charge in [0.1, 0.15) is 29.2 Å². The first kappa shape index (κ1) is 24.3. The fourth-order valence-electron chi connectivity index (χ4n) is 2.96. The van der Waals surface area contributed by atoms with Gasteiger partial charge in [0.25, 0.3) is 10.0 Å². The summed E-state index contributed by atoms with van der Waals surface area (Å²) in [6.45, 7) is 4.84. The molecule has 11 heteroatoms. The molecule has 2 rings (SSSR count). The van der Waals surface area contributed by atoms with Crippen molar-refractivity contribution in [2.24, 2.45) is 0 Å². The van der Waals surface area contributed by atoms with Gasteiger partial charge in [-0.15, -0.1) is 0 Å². The van der Waals surface area contributed by atoms with Crippen molar-refractivity contribution in [3.63, 3.8) is 0 Å². The van der Waals surface area contributed by atoms with Gasteiger partial charge >= 0.3 is 0 Å². The third-order valence-corrected chi connectivity index (χ3v) is 9.07. The van der Waals surface area contributed by atoms with Crippen molar-refractivity contribution in [3.05, 3.63) is 58.7 Å². The first-order valence-electron chi connectivity index (χ1n) is 8.84. The van der Waals surface area contributed by atoms with Crippen LogP contribution < -0.4 is 0 Å². The van der Waals surface area contributed by atoms with E-state index >= 15 is 0 Å². The Morgan fingerprint density at radius 1 is 0.875 bits per heavy atom. The summed E-state index contributed by atoms with van der Waals surface area (Å²) < 4.78 is 50.8. The first-order valence-corrected chi connectivity index (χ1v) is 11.9. The van der Waals surface area contributed by atoms with Gasteiger partial charge in [-0.3, -0.25) is 0 Å². The Hall–Kier alpha value is -4.00. The van der Waals surface area contributed by atoms with Crippen LogP contribution in [-0.4, -0.2) is 33.3 Å². The molecule has 0 spiro atoms. The van der Waals surface area contributed by atoms with E-state index in [9.17, 15) is 37.9 Å². The second-order valence-electron chi connectivity index (χ2n) is 6.26. The third kappa shape index (κ3) is 3.85. The van der Waals surface area contributed by atoms with E-state index in [1.807, 2.05) is 0 Å². The predicted octanol–water partition coefficient (Wildman–Crippen LogP) is 2.45. The average Bonchev–Trinajstić information content (AvgIpc) is 2.81. The number of hydrogen-bond acceptors (Lipinski definition) is 8. The van der Waals surface area contributed by atoms with Gasteiger partial charge in [0.2, 0.25) is 10.0 Å². The van der Waals surface area contributed by atoms with Crippen LogP contribution in [0, 0.1) is 45.3 Å². The Morgan fingerprint density at radius 3 is 1.66 bits per heavy atom. The normalized spacial score (nSPS) is 11.1. The molecule has 0 saturated carbocycles. The maximum absolute atomic E-state index is 13.2. The predicted molar refractivity (Wildman–Crippen MR) is 115 cm³/mol. The zero-order valence-corrected chi connectivity index (χ0v) is 18.6. The lowest BCUT2D eigenvalue weighted by molar-refractivity contribution is 0.526. The number of sulfonamides is 2. The zero-order valence-electron chi connectivity index (χ0n) is 17.0. The minimum Gasteiger partial charge on any atom is -0.211 e. The summed E-state index contributed by atoms with van der Waals surface area (Å²) in [6, 6.07) is 13.0. The highest BCUT2D eigenvalue weighted by Gasteiger charge is 2.38. The van der Waals surface area contributed by atoms with Crippen LogP contribution in [0.5, 0.6) is 0 Å². The van der Waals surface area contributed by atoms with Crippen molar-refractivity contribution in [3.8, 4) is 35.4 Å². The second kappa shape index (κ2) is 9.01. The van der Waals surface area contributed by atoms with Crippen LogP contribution in [0.15, 0.2) is 35.7 Å². The quantitative estimate of drug-likeness (QED) is 0.627. The molecule has 2 aromatic rings. The van der Waals surface area contributed by atoms with Gasteiger partial charge in [0.15, 0.2) is 0 Å². The molecule has 0 heterocycles. The van der Waals surface area contributed by atoms with E-state index in [0.717, 1.165) is 12.6 Å². The Morgan fingerprint density at radius 2 is 1.31 bits per heavy atom. The standard InChI is InChI=1S/C21H15N5O4S2/c1-4-14-6-8-15(9-7-14)20-16(10-22)18(12-24)21(19(13-25)17(20)11-23)32(29,30)26(3)31(27,28)5-2/h4,6-9H,1,5H2,2-3H3. The maximum atomic E-state index is 13.2. The van der Waals surface area contributed by atoms with Crippen LogP contribution in [-0.2, 0) is 20.0 Å². The molecule has 0 N–H and O–H groups in total. The van der Waals surface area contributed by atoms with Crippen LogP contribution >= 0.6 is 0 Å². The average molecular weight is 466 g/mol. The molecule has 160 valence electrons. The fraction of sp³-hybridized carbons (Fsp3) is 0.143. The lowest BCUT2D eigenvalue weighted by Crippen LogP contribution is -2.35. The molecule has 0 fully saturated rings. The van der Waals surface area contributed by atoms with Gasteiger partial charge in [-0.05, 0) is 18.1 Å². The van der Waals surface area contributed by atoms with Crippen molar-refractivity contribution in [2.45, 2.75) is 11.8 Å². The highest BCUT2D eigenvalue weighted by Crippen LogP contribution is 2.38. The summed E-state index contributed by atoms with van der Waals surface area (Å²) in [7, 11) is -8.54. The lowest BCUT2D eigenvalue weighted by atomic mass is 9.88. The van der Waals surface area contributed by atoms with Gasteiger partial charge in [-0.1, -0.05) is 40.6 Å². The van der Waals surface area contributed by atoms with Gasteiger partial charge in [0, 0.05) is 12.6 Å². The number of nitrogens with zero attached hydrogens (tertiary/aromatic N) is 5. The zero-order chi connectivity index (χ0) is 24.3. The Bertz CT molecular complexity index is 1440. The summed E-state index contributed by atoms with van der Waals surface area (Å²) >= 11 is 0. The highest BCUT2D eigenvalue weighted by molar-refractivity contribution is 8.04. The summed E-state index contributed by atoms with van der Waals surface area (Å²) in [5, 5.41) is 39.0. The van der Waals surface area contributed by atoms with E-state index < -0.39 is 52.9 Å². The smallest absolute Gasteiger partial charge is 0.211 e. The lowest BCUT2D eigenvalue weighted by Gasteiger charge is -2.20. The summed E-state index contributed by atoms with van der Waals surface area (Å²) in [4.78, 5) is -0.999. The Labute approximate surface area is 186 Å². The SMILES string of the molecule is C=Cc1ccc(-c2c(C#N)c(C#N)c(S(=O)(=O)N(C)S(=O)(=O)CC)c(C#N)c2C#N)cc1. The molecule has 32 heavy (non-hydrogen) atoms. The molecular formula is C21H15N5O4S2. The molecule has 0 saturated heterocycles. The van der Waals surface area contributed by atoms with Crippen molar-refractivity contribution in [1.82, 2.24) is 3.71 Å². The van der Waals surface area contributed by atoms with Crippen LogP contribution in [0.2, 0.25) is 0 Å². The highest BCUT2D eigenvalue weighted by atomic mass is 32.3.